The first-order valence-electron chi connectivity index (χ1n) is 7.16. The number of aromatic nitrogens is 3. The number of rotatable bonds is 5. The molecule has 0 bridgehead atoms. The van der Waals surface area contributed by atoms with Crippen LogP contribution in [0.4, 0.5) is 0 Å². The molecule has 1 atom stereocenters. The van der Waals surface area contributed by atoms with Crippen LogP contribution in [-0.2, 0) is 11.3 Å². The Labute approximate surface area is 128 Å². The third-order valence-corrected chi connectivity index (χ3v) is 3.73. The maximum atomic E-state index is 12.4. The second kappa shape index (κ2) is 6.57. The lowest BCUT2D eigenvalue weighted by Crippen LogP contribution is -2.24. The van der Waals surface area contributed by atoms with Gasteiger partial charge in [-0.3, -0.25) is 9.89 Å². The van der Waals surface area contributed by atoms with Gasteiger partial charge in [0.15, 0.2) is 0 Å². The summed E-state index contributed by atoms with van der Waals surface area (Å²) < 4.78 is 10.5. The summed E-state index contributed by atoms with van der Waals surface area (Å²) in [5, 5.41) is 9.80. The molecule has 1 saturated heterocycles. The average molecular weight is 302 g/mol. The monoisotopic (exact) mass is 302 g/mol. The zero-order chi connectivity index (χ0) is 15.4. The summed E-state index contributed by atoms with van der Waals surface area (Å²) in [4.78, 5) is 16.5. The number of aromatic amines is 1. The fraction of sp³-hybridized carbons (Fsp3) is 0.400. The zero-order valence-electron chi connectivity index (χ0n) is 12.3. The van der Waals surface area contributed by atoms with Gasteiger partial charge in [-0.05, 0) is 12.5 Å². The van der Waals surface area contributed by atoms with E-state index < -0.39 is 0 Å². The largest absolute Gasteiger partial charge is 0.481 e. The number of H-pyrrole nitrogens is 1. The Kier molecular flexibility index (Phi) is 4.34. The second-order valence-electron chi connectivity index (χ2n) is 5.11. The summed E-state index contributed by atoms with van der Waals surface area (Å²) in [7, 11) is 1.56. The van der Waals surface area contributed by atoms with Crippen LogP contribution >= 0.6 is 0 Å². The van der Waals surface area contributed by atoms with E-state index in [0.717, 1.165) is 24.3 Å². The van der Waals surface area contributed by atoms with Crippen LogP contribution in [0.15, 0.2) is 24.5 Å². The molecule has 2 N–H and O–H groups in total. The lowest BCUT2D eigenvalue weighted by Gasteiger charge is -2.10. The number of nitrogens with one attached hydrogen (secondary N) is 2. The number of methoxy groups -OCH3 is 1. The molecule has 7 nitrogen and oxygen atoms in total. The molecule has 1 unspecified atom stereocenters. The van der Waals surface area contributed by atoms with Gasteiger partial charge in [0, 0.05) is 30.8 Å². The quantitative estimate of drug-likeness (QED) is 0.867. The van der Waals surface area contributed by atoms with Crippen LogP contribution in [0, 0.1) is 0 Å². The molecule has 0 aromatic carbocycles. The topological polar surface area (TPSA) is 89.1 Å². The van der Waals surface area contributed by atoms with Crippen molar-refractivity contribution in [3.8, 4) is 5.88 Å². The number of hydrogen-bond donors (Lipinski definition) is 2. The molecule has 0 radical (unpaired) electrons. The normalized spacial score (nSPS) is 17.4. The number of nitrogens with zero attached hydrogens (tertiary/aromatic N) is 2. The van der Waals surface area contributed by atoms with Gasteiger partial charge in [-0.2, -0.15) is 5.10 Å². The van der Waals surface area contributed by atoms with Crippen molar-refractivity contribution < 1.29 is 14.3 Å². The van der Waals surface area contributed by atoms with Crippen LogP contribution < -0.4 is 10.1 Å². The van der Waals surface area contributed by atoms with Crippen LogP contribution in [0.1, 0.15) is 34.0 Å². The van der Waals surface area contributed by atoms with Crippen molar-refractivity contribution in [2.24, 2.45) is 0 Å². The standard InChI is InChI=1S/C15H18N4O3/c1-21-15-10(3-2-5-16-15)7-17-14(20)12-8-18-19-13(12)11-4-6-22-9-11/h2-3,5,8,11H,4,6-7,9H2,1H3,(H,17,20)(H,18,19). The molecular weight excluding hydrogens is 284 g/mol. The van der Waals surface area contributed by atoms with Crippen molar-refractivity contribution in [1.29, 1.82) is 0 Å². The Morgan fingerprint density at radius 3 is 3.27 bits per heavy atom. The molecule has 2 aromatic rings. The van der Waals surface area contributed by atoms with Gasteiger partial charge < -0.3 is 14.8 Å². The molecule has 0 saturated carbocycles. The van der Waals surface area contributed by atoms with Crippen molar-refractivity contribution in [1.82, 2.24) is 20.5 Å². The average Bonchev–Trinajstić information content (AvgIpc) is 3.23. The fourth-order valence-electron chi connectivity index (χ4n) is 2.56. The molecule has 1 aliphatic heterocycles. The summed E-state index contributed by atoms with van der Waals surface area (Å²) in [5.74, 6) is 0.553. The molecule has 22 heavy (non-hydrogen) atoms. The molecule has 1 amide bonds. The minimum Gasteiger partial charge on any atom is -0.481 e. The van der Waals surface area contributed by atoms with Crippen LogP contribution in [0.2, 0.25) is 0 Å². The summed E-state index contributed by atoms with van der Waals surface area (Å²) >= 11 is 0. The van der Waals surface area contributed by atoms with E-state index >= 15 is 0 Å². The van der Waals surface area contributed by atoms with Crippen LogP contribution in [-0.4, -0.2) is 41.4 Å². The predicted molar refractivity (Wildman–Crippen MR) is 78.7 cm³/mol. The Morgan fingerprint density at radius 1 is 1.59 bits per heavy atom. The van der Waals surface area contributed by atoms with Crippen molar-refractivity contribution in [2.45, 2.75) is 18.9 Å². The Bertz CT molecular complexity index is 650. The molecule has 3 rings (SSSR count). The fourth-order valence-corrected chi connectivity index (χ4v) is 2.56. The molecule has 1 aliphatic rings. The van der Waals surface area contributed by atoms with Gasteiger partial charge in [-0.1, -0.05) is 6.07 Å². The van der Waals surface area contributed by atoms with Gasteiger partial charge in [0.05, 0.1) is 31.2 Å². The number of ether oxygens (including phenoxy) is 2. The maximum absolute atomic E-state index is 12.4. The highest BCUT2D eigenvalue weighted by atomic mass is 16.5. The van der Waals surface area contributed by atoms with Crippen LogP contribution in [0.25, 0.3) is 0 Å². The Hall–Kier alpha value is -2.41. The highest BCUT2D eigenvalue weighted by Gasteiger charge is 2.25. The number of carbonyl (C=O) groups excluding carboxylic acids is 1. The van der Waals surface area contributed by atoms with E-state index in [9.17, 15) is 4.79 Å². The van der Waals surface area contributed by atoms with E-state index in [4.69, 9.17) is 9.47 Å². The molecular formula is C15H18N4O3. The smallest absolute Gasteiger partial charge is 0.255 e. The molecule has 0 aliphatic carbocycles. The van der Waals surface area contributed by atoms with E-state index in [0.29, 0.717) is 24.6 Å². The SMILES string of the molecule is COc1ncccc1CNC(=O)c1cn[nH]c1C1CCOC1. The second-order valence-corrected chi connectivity index (χ2v) is 5.11. The minimum atomic E-state index is -0.165. The third-order valence-electron chi connectivity index (χ3n) is 3.73. The van der Waals surface area contributed by atoms with Gasteiger partial charge >= 0.3 is 0 Å². The van der Waals surface area contributed by atoms with Crippen molar-refractivity contribution in [3.05, 3.63) is 41.3 Å². The summed E-state index contributed by atoms with van der Waals surface area (Å²) in [6.45, 7) is 1.69. The molecule has 2 aromatic heterocycles. The maximum Gasteiger partial charge on any atom is 0.255 e. The van der Waals surface area contributed by atoms with Crippen LogP contribution in [0.5, 0.6) is 5.88 Å². The van der Waals surface area contributed by atoms with E-state index in [1.807, 2.05) is 12.1 Å². The molecule has 3 heterocycles. The molecule has 0 spiro atoms. The number of hydrogen-bond acceptors (Lipinski definition) is 5. The van der Waals surface area contributed by atoms with Gasteiger partial charge in [0.1, 0.15) is 0 Å². The van der Waals surface area contributed by atoms with E-state index in [2.05, 4.69) is 20.5 Å². The van der Waals surface area contributed by atoms with Crippen molar-refractivity contribution in [3.63, 3.8) is 0 Å². The highest BCUT2D eigenvalue weighted by molar-refractivity contribution is 5.95. The van der Waals surface area contributed by atoms with Gasteiger partial charge in [-0.15, -0.1) is 0 Å². The Morgan fingerprint density at radius 2 is 2.50 bits per heavy atom. The predicted octanol–water partition coefficient (Wildman–Crippen LogP) is 1.25. The van der Waals surface area contributed by atoms with Gasteiger partial charge in [0.2, 0.25) is 5.88 Å². The first-order chi connectivity index (χ1) is 10.8. The minimum absolute atomic E-state index is 0.165. The molecule has 7 heteroatoms. The Balaban J connectivity index is 1.69. The van der Waals surface area contributed by atoms with E-state index in [1.165, 1.54) is 0 Å². The summed E-state index contributed by atoms with van der Waals surface area (Å²) in [6, 6.07) is 3.68. The van der Waals surface area contributed by atoms with Gasteiger partial charge in [0.25, 0.3) is 5.91 Å². The summed E-state index contributed by atoms with van der Waals surface area (Å²) in [5.41, 5.74) is 2.24. The molecule has 1 fully saturated rings. The van der Waals surface area contributed by atoms with E-state index in [-0.39, 0.29) is 11.8 Å². The zero-order valence-corrected chi connectivity index (χ0v) is 12.3. The molecule has 116 valence electrons. The summed E-state index contributed by atoms with van der Waals surface area (Å²) in [6.07, 6.45) is 4.11. The van der Waals surface area contributed by atoms with Crippen molar-refractivity contribution >= 4 is 5.91 Å². The lowest BCUT2D eigenvalue weighted by molar-refractivity contribution is 0.0949. The van der Waals surface area contributed by atoms with Crippen LogP contribution in [0.3, 0.4) is 0 Å². The van der Waals surface area contributed by atoms with Crippen molar-refractivity contribution in [2.75, 3.05) is 20.3 Å². The van der Waals surface area contributed by atoms with E-state index in [1.54, 1.807) is 19.5 Å². The first kappa shape index (κ1) is 14.5. The lowest BCUT2D eigenvalue weighted by atomic mass is 10.0. The number of carbonyl (C=O) groups is 1. The first-order valence-corrected chi connectivity index (χ1v) is 7.16. The van der Waals surface area contributed by atoms with Gasteiger partial charge in [-0.25, -0.2) is 4.98 Å². The highest BCUT2D eigenvalue weighted by Crippen LogP contribution is 2.26. The number of pyridine rings is 1. The number of amides is 1. The third kappa shape index (κ3) is 2.94.